The highest BCUT2D eigenvalue weighted by molar-refractivity contribution is 7.16. The molecule has 4 rings (SSSR count). The van der Waals surface area contributed by atoms with E-state index >= 15 is 8.78 Å². The molecule has 0 radical (unpaired) electrons. The van der Waals surface area contributed by atoms with Gasteiger partial charge in [-0.15, -0.1) is 22.7 Å². The molecular formula is C25H18F6N2S2. The number of pyridine rings is 2. The minimum Gasteiger partial charge on any atom is -0.265 e. The zero-order valence-electron chi connectivity index (χ0n) is 18.4. The summed E-state index contributed by atoms with van der Waals surface area (Å²) in [6, 6.07) is 9.66. The van der Waals surface area contributed by atoms with Crippen molar-refractivity contribution in [3.63, 3.8) is 0 Å². The Hall–Kier alpha value is -2.98. The number of alkyl halides is 6. The van der Waals surface area contributed by atoms with E-state index in [9.17, 15) is 17.6 Å². The summed E-state index contributed by atoms with van der Waals surface area (Å²) in [7, 11) is 0. The number of hydrogen-bond acceptors (Lipinski definition) is 4. The summed E-state index contributed by atoms with van der Waals surface area (Å²) in [6.07, 6.45) is 2.51. The van der Waals surface area contributed by atoms with Gasteiger partial charge in [0.2, 0.25) is 0 Å². The van der Waals surface area contributed by atoms with Crippen molar-refractivity contribution in [3.05, 3.63) is 82.1 Å². The van der Waals surface area contributed by atoms with Crippen molar-refractivity contribution in [2.24, 2.45) is 0 Å². The predicted octanol–water partition coefficient (Wildman–Crippen LogP) is 8.63. The number of hydrogen-bond donors (Lipinski definition) is 0. The average Bonchev–Trinajstić information content (AvgIpc) is 3.40. The maximum atomic E-state index is 15.2. The fourth-order valence-electron chi connectivity index (χ4n) is 3.52. The minimum atomic E-state index is -5.57. The molecular weight excluding hydrogens is 506 g/mol. The normalized spacial score (nSPS) is 13.0. The van der Waals surface area contributed by atoms with Gasteiger partial charge in [0.25, 0.3) is 0 Å². The number of aromatic nitrogens is 2. The molecule has 0 aliphatic rings. The Labute approximate surface area is 205 Å². The van der Waals surface area contributed by atoms with Gasteiger partial charge in [0.1, 0.15) is 0 Å². The standard InChI is InChI=1S/C25H18F6N2S2/c1-14-18(12-21(34-14)16-3-7-32-8-4-16)11-20(24(28,29)25(30,31)23(26)27)19-13-22(35-15(19)2)17-5-9-33-10-6-17/h3-13,23H,1-2H3. The summed E-state index contributed by atoms with van der Waals surface area (Å²) in [6.45, 7) is 3.16. The maximum Gasteiger partial charge on any atom is 0.373 e. The van der Waals surface area contributed by atoms with E-state index < -0.39 is 23.8 Å². The van der Waals surface area contributed by atoms with Crippen LogP contribution in [0.25, 0.3) is 32.5 Å². The molecule has 182 valence electrons. The largest absolute Gasteiger partial charge is 0.373 e. The van der Waals surface area contributed by atoms with E-state index in [0.29, 0.717) is 25.1 Å². The van der Waals surface area contributed by atoms with Gasteiger partial charge in [-0.25, -0.2) is 8.78 Å². The minimum absolute atomic E-state index is 0.205. The van der Waals surface area contributed by atoms with E-state index in [-0.39, 0.29) is 11.1 Å². The van der Waals surface area contributed by atoms with Gasteiger partial charge in [-0.1, -0.05) is 0 Å². The summed E-state index contributed by atoms with van der Waals surface area (Å²) < 4.78 is 85.2. The Bertz CT molecular complexity index is 1350. The van der Waals surface area contributed by atoms with Gasteiger partial charge in [-0.2, -0.15) is 17.6 Å². The maximum absolute atomic E-state index is 15.2. The van der Waals surface area contributed by atoms with Crippen molar-refractivity contribution < 1.29 is 26.3 Å². The van der Waals surface area contributed by atoms with Crippen molar-refractivity contribution in [1.29, 1.82) is 0 Å². The molecule has 0 atom stereocenters. The number of halogens is 6. The molecule has 0 unspecified atom stereocenters. The highest BCUT2D eigenvalue weighted by atomic mass is 32.1. The van der Waals surface area contributed by atoms with E-state index in [1.54, 1.807) is 49.6 Å². The monoisotopic (exact) mass is 524 g/mol. The third kappa shape index (κ3) is 4.77. The Kier molecular flexibility index (Phi) is 6.88. The molecule has 0 saturated carbocycles. The molecule has 4 aromatic rings. The number of nitrogens with zero attached hydrogens (tertiary/aromatic N) is 2. The lowest BCUT2D eigenvalue weighted by Crippen LogP contribution is -2.47. The first-order chi connectivity index (χ1) is 16.5. The van der Waals surface area contributed by atoms with Crippen molar-refractivity contribution in [2.45, 2.75) is 32.1 Å². The van der Waals surface area contributed by atoms with Gasteiger partial charge in [0.15, 0.2) is 0 Å². The zero-order valence-corrected chi connectivity index (χ0v) is 20.0. The first-order valence-corrected chi connectivity index (χ1v) is 11.9. The van der Waals surface area contributed by atoms with E-state index in [4.69, 9.17) is 0 Å². The predicted molar refractivity (Wildman–Crippen MR) is 128 cm³/mol. The first kappa shape index (κ1) is 25.1. The number of aryl methyl sites for hydroxylation is 2. The van der Waals surface area contributed by atoms with Gasteiger partial charge in [0, 0.05) is 49.9 Å². The highest BCUT2D eigenvalue weighted by Gasteiger charge is 2.65. The third-order valence-corrected chi connectivity index (χ3v) is 7.64. The van der Waals surface area contributed by atoms with Gasteiger partial charge in [0.05, 0.1) is 0 Å². The van der Waals surface area contributed by atoms with Gasteiger partial charge in [-0.05, 0) is 78.6 Å². The summed E-state index contributed by atoms with van der Waals surface area (Å²) in [5.41, 5.74) is 0.305. The Morgan fingerprint density at radius 1 is 0.800 bits per heavy atom. The summed E-state index contributed by atoms with van der Waals surface area (Å²) in [5.74, 6) is -10.7. The van der Waals surface area contributed by atoms with Crippen LogP contribution in [0.2, 0.25) is 0 Å². The summed E-state index contributed by atoms with van der Waals surface area (Å²) in [5, 5.41) is 0. The molecule has 0 N–H and O–H groups in total. The first-order valence-electron chi connectivity index (χ1n) is 10.3. The quantitative estimate of drug-likeness (QED) is 0.226. The molecule has 0 spiro atoms. The van der Waals surface area contributed by atoms with Crippen LogP contribution in [0.3, 0.4) is 0 Å². The van der Waals surface area contributed by atoms with E-state index in [1.807, 2.05) is 0 Å². The van der Waals surface area contributed by atoms with Crippen molar-refractivity contribution >= 4 is 34.3 Å². The lowest BCUT2D eigenvalue weighted by Gasteiger charge is -2.28. The fourth-order valence-corrected chi connectivity index (χ4v) is 5.56. The summed E-state index contributed by atoms with van der Waals surface area (Å²) >= 11 is 2.39. The lowest BCUT2D eigenvalue weighted by atomic mass is 9.93. The van der Waals surface area contributed by atoms with Crippen LogP contribution >= 0.6 is 22.7 Å². The second kappa shape index (κ2) is 9.58. The second-order valence-corrected chi connectivity index (χ2v) is 10.2. The molecule has 10 heteroatoms. The van der Waals surface area contributed by atoms with E-state index in [1.165, 1.54) is 36.7 Å². The average molecular weight is 525 g/mol. The van der Waals surface area contributed by atoms with Crippen molar-refractivity contribution in [2.75, 3.05) is 0 Å². The Morgan fingerprint density at radius 2 is 1.29 bits per heavy atom. The lowest BCUT2D eigenvalue weighted by molar-refractivity contribution is -0.236. The molecule has 0 aliphatic carbocycles. The smallest absolute Gasteiger partial charge is 0.265 e. The fraction of sp³-hybridized carbons (Fsp3) is 0.200. The van der Waals surface area contributed by atoms with Gasteiger partial charge < -0.3 is 0 Å². The number of rotatable bonds is 7. The van der Waals surface area contributed by atoms with Crippen molar-refractivity contribution in [3.8, 4) is 20.9 Å². The molecule has 35 heavy (non-hydrogen) atoms. The molecule has 0 fully saturated rings. The summed E-state index contributed by atoms with van der Waals surface area (Å²) in [4.78, 5) is 9.96. The van der Waals surface area contributed by atoms with Gasteiger partial charge >= 0.3 is 18.3 Å². The van der Waals surface area contributed by atoms with Crippen LogP contribution in [0.5, 0.6) is 0 Å². The molecule has 2 nitrogen and oxygen atoms in total. The Morgan fingerprint density at radius 3 is 1.80 bits per heavy atom. The topological polar surface area (TPSA) is 25.8 Å². The zero-order chi connectivity index (χ0) is 25.4. The van der Waals surface area contributed by atoms with Crippen LogP contribution in [0, 0.1) is 13.8 Å². The number of allylic oxidation sites excluding steroid dienone is 1. The molecule has 4 heterocycles. The van der Waals surface area contributed by atoms with Crippen LogP contribution in [-0.4, -0.2) is 28.2 Å². The Balaban J connectivity index is 1.90. The molecule has 0 aliphatic heterocycles. The number of thiophene rings is 2. The van der Waals surface area contributed by atoms with Crippen LogP contribution in [0.15, 0.2) is 61.2 Å². The van der Waals surface area contributed by atoms with Crippen LogP contribution in [0.4, 0.5) is 26.3 Å². The molecule has 0 aromatic carbocycles. The van der Waals surface area contributed by atoms with E-state index in [0.717, 1.165) is 23.0 Å². The molecule has 4 aromatic heterocycles. The molecule has 0 amide bonds. The van der Waals surface area contributed by atoms with Crippen LogP contribution in [-0.2, 0) is 0 Å². The van der Waals surface area contributed by atoms with E-state index in [2.05, 4.69) is 9.97 Å². The molecule has 0 saturated heterocycles. The van der Waals surface area contributed by atoms with Crippen LogP contribution < -0.4 is 0 Å². The van der Waals surface area contributed by atoms with Gasteiger partial charge in [-0.3, -0.25) is 9.97 Å². The highest BCUT2D eigenvalue weighted by Crippen LogP contribution is 2.51. The molecule has 0 bridgehead atoms. The SMILES string of the molecule is Cc1sc(-c2ccncc2)cc1C=C(c1cc(-c2ccncc2)sc1C)C(F)(F)C(F)(F)C(F)F. The van der Waals surface area contributed by atoms with Crippen LogP contribution in [0.1, 0.15) is 20.9 Å². The second-order valence-electron chi connectivity index (χ2n) is 7.73. The third-order valence-electron chi connectivity index (χ3n) is 5.42. The van der Waals surface area contributed by atoms with Crippen molar-refractivity contribution in [1.82, 2.24) is 9.97 Å².